The highest BCUT2D eigenvalue weighted by Gasteiger charge is 2.28. The third kappa shape index (κ3) is 6.26. The minimum atomic E-state index is -0.187. The zero-order valence-corrected chi connectivity index (χ0v) is 21.4. The number of nitrogens with zero attached hydrogens (tertiary/aromatic N) is 5. The number of anilines is 1. The molecule has 0 N–H and O–H groups in total. The molecule has 2 aliphatic rings. The summed E-state index contributed by atoms with van der Waals surface area (Å²) in [4.78, 5) is 32.1. The fraction of sp³-hybridized carbons (Fsp3) is 0.357. The van der Waals surface area contributed by atoms with Crippen molar-refractivity contribution in [3.63, 3.8) is 0 Å². The number of ether oxygens (including phenoxy) is 1. The monoisotopic (exact) mass is 519 g/mol. The zero-order valence-electron chi connectivity index (χ0n) is 20.6. The van der Waals surface area contributed by atoms with Crippen LogP contribution in [0.1, 0.15) is 23.2 Å². The minimum absolute atomic E-state index is 0.0207. The Hall–Kier alpha value is -3.49. The van der Waals surface area contributed by atoms with Crippen LogP contribution >= 0.6 is 11.6 Å². The standard InChI is InChI=1S/C28H30ClN5O3/c29-23-10-8-22(9-11-23)28(36)34(19-24-7-4-18-37-24)20-27(35)33-16-14-32(15-17-33)26-13-12-25(30-31-26)21-5-2-1-3-6-21/h1-3,5-6,8-13,24H,4,7,14-20H2/t24-/m1/s1. The van der Waals surface area contributed by atoms with Crippen molar-refractivity contribution in [3.8, 4) is 11.3 Å². The third-order valence-corrected chi connectivity index (χ3v) is 7.08. The summed E-state index contributed by atoms with van der Waals surface area (Å²) in [5.74, 6) is 0.545. The lowest BCUT2D eigenvalue weighted by atomic mass is 10.1. The van der Waals surface area contributed by atoms with Crippen molar-refractivity contribution in [2.24, 2.45) is 0 Å². The summed E-state index contributed by atoms with van der Waals surface area (Å²) < 4.78 is 5.76. The average Bonchev–Trinajstić information content (AvgIpc) is 3.47. The van der Waals surface area contributed by atoms with Crippen molar-refractivity contribution < 1.29 is 14.3 Å². The number of halogens is 1. The fourth-order valence-electron chi connectivity index (χ4n) is 4.73. The number of carbonyl (C=O) groups excluding carboxylic acids is 2. The van der Waals surface area contributed by atoms with Gasteiger partial charge >= 0.3 is 0 Å². The van der Waals surface area contributed by atoms with Crippen molar-refractivity contribution in [2.75, 3.05) is 50.8 Å². The SMILES string of the molecule is O=C(CN(C[C@H]1CCCO1)C(=O)c1ccc(Cl)cc1)N1CCN(c2ccc(-c3ccccc3)nn2)CC1. The van der Waals surface area contributed by atoms with Crippen LogP contribution in [0.15, 0.2) is 66.7 Å². The lowest BCUT2D eigenvalue weighted by molar-refractivity contribution is -0.132. The van der Waals surface area contributed by atoms with Gasteiger partial charge in [-0.15, -0.1) is 10.2 Å². The number of piperazine rings is 1. The first-order valence-corrected chi connectivity index (χ1v) is 13.0. The Labute approximate surface area is 221 Å². The molecule has 3 aromatic rings. The van der Waals surface area contributed by atoms with Crippen LogP contribution in [0.2, 0.25) is 5.02 Å². The highest BCUT2D eigenvalue weighted by molar-refractivity contribution is 6.30. The maximum absolute atomic E-state index is 13.3. The van der Waals surface area contributed by atoms with E-state index in [2.05, 4.69) is 15.1 Å². The molecule has 2 aliphatic heterocycles. The molecule has 9 heteroatoms. The highest BCUT2D eigenvalue weighted by Crippen LogP contribution is 2.20. The largest absolute Gasteiger partial charge is 0.376 e. The lowest BCUT2D eigenvalue weighted by Gasteiger charge is -2.36. The van der Waals surface area contributed by atoms with E-state index in [4.69, 9.17) is 16.3 Å². The Morgan fingerprint density at radius 1 is 0.946 bits per heavy atom. The van der Waals surface area contributed by atoms with Crippen LogP contribution in [0.5, 0.6) is 0 Å². The quantitative estimate of drug-likeness (QED) is 0.473. The van der Waals surface area contributed by atoms with Crippen molar-refractivity contribution in [1.82, 2.24) is 20.0 Å². The van der Waals surface area contributed by atoms with E-state index in [1.165, 1.54) is 0 Å². The number of rotatable bonds is 7. The molecular formula is C28H30ClN5O3. The molecule has 1 atom stereocenters. The second kappa shape index (κ2) is 11.7. The topological polar surface area (TPSA) is 78.9 Å². The predicted octanol–water partition coefficient (Wildman–Crippen LogP) is 3.77. The second-order valence-corrected chi connectivity index (χ2v) is 9.77. The summed E-state index contributed by atoms with van der Waals surface area (Å²) in [6, 6.07) is 20.7. The van der Waals surface area contributed by atoms with E-state index in [1.54, 1.807) is 29.2 Å². The van der Waals surface area contributed by atoms with Gasteiger partial charge in [0.25, 0.3) is 5.91 Å². The van der Waals surface area contributed by atoms with Gasteiger partial charge in [-0.1, -0.05) is 41.9 Å². The maximum Gasteiger partial charge on any atom is 0.254 e. The summed E-state index contributed by atoms with van der Waals surface area (Å²) >= 11 is 5.99. The number of hydrogen-bond acceptors (Lipinski definition) is 6. The Kier molecular flexibility index (Phi) is 7.96. The van der Waals surface area contributed by atoms with E-state index in [0.29, 0.717) is 49.9 Å². The molecule has 0 bridgehead atoms. The van der Waals surface area contributed by atoms with Crippen molar-refractivity contribution >= 4 is 29.2 Å². The Morgan fingerprint density at radius 3 is 2.35 bits per heavy atom. The minimum Gasteiger partial charge on any atom is -0.376 e. The fourth-order valence-corrected chi connectivity index (χ4v) is 4.86. The van der Waals surface area contributed by atoms with Gasteiger partial charge in [-0.25, -0.2) is 0 Å². The molecule has 5 rings (SSSR count). The molecule has 37 heavy (non-hydrogen) atoms. The Balaban J connectivity index is 1.19. The average molecular weight is 520 g/mol. The van der Waals surface area contributed by atoms with E-state index in [-0.39, 0.29) is 24.5 Å². The van der Waals surface area contributed by atoms with Crippen molar-refractivity contribution in [1.29, 1.82) is 0 Å². The van der Waals surface area contributed by atoms with Crippen LogP contribution in [-0.2, 0) is 9.53 Å². The molecule has 2 aromatic carbocycles. The van der Waals surface area contributed by atoms with Crippen LogP contribution < -0.4 is 4.90 Å². The number of carbonyl (C=O) groups is 2. The molecule has 0 spiro atoms. The first kappa shape index (κ1) is 25.2. The summed E-state index contributed by atoms with van der Waals surface area (Å²) in [6.45, 7) is 3.54. The first-order valence-electron chi connectivity index (χ1n) is 12.6. The molecule has 3 heterocycles. The molecule has 2 amide bonds. The van der Waals surface area contributed by atoms with Crippen LogP contribution in [0.25, 0.3) is 11.3 Å². The van der Waals surface area contributed by atoms with E-state index in [1.807, 2.05) is 47.4 Å². The van der Waals surface area contributed by atoms with E-state index >= 15 is 0 Å². The normalized spacial score (nSPS) is 17.6. The molecule has 8 nitrogen and oxygen atoms in total. The summed E-state index contributed by atoms with van der Waals surface area (Å²) in [5, 5.41) is 9.36. The number of benzene rings is 2. The highest BCUT2D eigenvalue weighted by atomic mass is 35.5. The Morgan fingerprint density at radius 2 is 1.70 bits per heavy atom. The number of hydrogen-bond donors (Lipinski definition) is 0. The van der Waals surface area contributed by atoms with Gasteiger partial charge in [-0.3, -0.25) is 9.59 Å². The second-order valence-electron chi connectivity index (χ2n) is 9.34. The zero-order chi connectivity index (χ0) is 25.6. The summed E-state index contributed by atoms with van der Waals surface area (Å²) in [7, 11) is 0. The van der Waals surface area contributed by atoms with Crippen LogP contribution in [-0.4, -0.2) is 83.8 Å². The van der Waals surface area contributed by atoms with Gasteiger partial charge in [-0.05, 0) is 49.2 Å². The Bertz CT molecular complexity index is 1190. The molecule has 0 radical (unpaired) electrons. The van der Waals surface area contributed by atoms with Crippen molar-refractivity contribution in [2.45, 2.75) is 18.9 Å². The molecule has 0 aliphatic carbocycles. The van der Waals surface area contributed by atoms with E-state index in [9.17, 15) is 9.59 Å². The molecule has 2 saturated heterocycles. The van der Waals surface area contributed by atoms with Gasteiger partial charge in [0.2, 0.25) is 5.91 Å². The van der Waals surface area contributed by atoms with Crippen molar-refractivity contribution in [3.05, 3.63) is 77.3 Å². The van der Waals surface area contributed by atoms with Crippen LogP contribution in [0.3, 0.4) is 0 Å². The van der Waals surface area contributed by atoms with Crippen LogP contribution in [0.4, 0.5) is 5.82 Å². The molecule has 0 unspecified atom stereocenters. The van der Waals surface area contributed by atoms with Crippen LogP contribution in [0, 0.1) is 0 Å². The van der Waals surface area contributed by atoms with E-state index in [0.717, 1.165) is 29.9 Å². The number of amides is 2. The van der Waals surface area contributed by atoms with Gasteiger partial charge in [0.15, 0.2) is 5.82 Å². The molecule has 192 valence electrons. The lowest BCUT2D eigenvalue weighted by Crippen LogP contribution is -2.52. The van der Waals surface area contributed by atoms with Gasteiger partial charge in [0.05, 0.1) is 11.8 Å². The molecule has 0 saturated carbocycles. The van der Waals surface area contributed by atoms with Gasteiger partial charge < -0.3 is 19.4 Å². The molecular weight excluding hydrogens is 490 g/mol. The summed E-state index contributed by atoms with van der Waals surface area (Å²) in [5.41, 5.74) is 2.37. The van der Waals surface area contributed by atoms with Gasteiger partial charge in [0, 0.05) is 55.5 Å². The van der Waals surface area contributed by atoms with Gasteiger partial charge in [-0.2, -0.15) is 0 Å². The summed E-state index contributed by atoms with van der Waals surface area (Å²) in [6.07, 6.45) is 1.82. The van der Waals surface area contributed by atoms with E-state index < -0.39 is 0 Å². The molecule has 1 aromatic heterocycles. The smallest absolute Gasteiger partial charge is 0.254 e. The maximum atomic E-state index is 13.3. The third-order valence-electron chi connectivity index (χ3n) is 6.83. The van der Waals surface area contributed by atoms with Gasteiger partial charge in [0.1, 0.15) is 6.54 Å². The first-order chi connectivity index (χ1) is 18.1. The number of aromatic nitrogens is 2. The predicted molar refractivity (Wildman–Crippen MR) is 143 cm³/mol. The molecule has 2 fully saturated rings.